The maximum Gasteiger partial charge on any atom is 0.357 e. The molecule has 4 N–H and O–H groups in total. The Labute approximate surface area is 200 Å². The smallest absolute Gasteiger partial charge is 0.357 e. The summed E-state index contributed by atoms with van der Waals surface area (Å²) >= 11 is 0. The van der Waals surface area contributed by atoms with Crippen molar-refractivity contribution in [3.63, 3.8) is 0 Å². The minimum atomic E-state index is -0.458. The Morgan fingerprint density at radius 2 is 1.61 bits per heavy atom. The molecule has 0 atom stereocenters. The van der Waals surface area contributed by atoms with Crippen molar-refractivity contribution < 1.29 is 14.3 Å². The summed E-state index contributed by atoms with van der Waals surface area (Å²) in [6.45, 7) is 0. The number of rotatable bonds is 3. The molecular weight excluding hydrogens is 482 g/mol. The minimum Gasteiger partial charge on any atom is -0.464 e. The first-order chi connectivity index (χ1) is 17.1. The maximum absolute atomic E-state index is 10.9. The highest BCUT2D eigenvalue weighted by Crippen LogP contribution is 1.90. The zero-order valence-corrected chi connectivity index (χ0v) is 19.5. The van der Waals surface area contributed by atoms with Crippen molar-refractivity contribution >= 4 is 18.2 Å². The molecule has 0 spiro atoms. The molecular formula is C18H23N11O7. The molecule has 18 nitrogen and oxygen atoms in total. The molecule has 0 unspecified atom stereocenters. The highest BCUT2D eigenvalue weighted by Gasteiger charge is 2.04. The van der Waals surface area contributed by atoms with Crippen LogP contribution in [-0.4, -0.2) is 69.0 Å². The van der Waals surface area contributed by atoms with Gasteiger partial charge in [-0.05, 0) is 0 Å². The molecule has 1 amide bonds. The lowest BCUT2D eigenvalue weighted by Gasteiger charge is -1.97. The summed E-state index contributed by atoms with van der Waals surface area (Å²) in [5.41, 5.74) is -1.06. The number of nitrogens with zero attached hydrogens (tertiary/aromatic N) is 7. The van der Waals surface area contributed by atoms with Crippen LogP contribution < -0.4 is 27.8 Å². The first-order valence-corrected chi connectivity index (χ1v) is 9.59. The van der Waals surface area contributed by atoms with Gasteiger partial charge < -0.3 is 19.2 Å². The van der Waals surface area contributed by atoms with Gasteiger partial charge in [0.2, 0.25) is 6.41 Å². The lowest BCUT2D eigenvalue weighted by atomic mass is 10.5. The fraction of sp³-hybridized carbons (Fsp3) is 0.222. The van der Waals surface area contributed by atoms with Gasteiger partial charge in [-0.15, -0.1) is 10.2 Å². The summed E-state index contributed by atoms with van der Waals surface area (Å²) in [7, 11) is 5.91. The molecule has 0 bridgehead atoms. The number of aromatic nitrogens is 10. The molecule has 4 heterocycles. The summed E-state index contributed by atoms with van der Waals surface area (Å²) in [6, 6.07) is 2.64. The van der Waals surface area contributed by atoms with E-state index < -0.39 is 5.97 Å². The van der Waals surface area contributed by atoms with E-state index in [0.29, 0.717) is 12.2 Å². The molecule has 36 heavy (non-hydrogen) atoms. The third kappa shape index (κ3) is 9.60. The van der Waals surface area contributed by atoms with Gasteiger partial charge in [-0.25, -0.2) is 19.5 Å². The van der Waals surface area contributed by atoms with Crippen LogP contribution in [0, 0.1) is 0 Å². The van der Waals surface area contributed by atoms with E-state index >= 15 is 0 Å². The molecule has 192 valence electrons. The largest absolute Gasteiger partial charge is 0.464 e. The topological polar surface area (TPSA) is 237 Å². The first kappa shape index (κ1) is 28.6. The summed E-state index contributed by atoms with van der Waals surface area (Å²) < 4.78 is 8.04. The zero-order chi connectivity index (χ0) is 27.1. The van der Waals surface area contributed by atoms with E-state index in [9.17, 15) is 28.8 Å². The fourth-order valence-corrected chi connectivity index (χ4v) is 1.90. The van der Waals surface area contributed by atoms with Gasteiger partial charge in [0.1, 0.15) is 5.82 Å². The number of amides is 1. The predicted octanol–water partition coefficient (Wildman–Crippen LogP) is -2.88. The van der Waals surface area contributed by atoms with Crippen molar-refractivity contribution in [3.8, 4) is 0 Å². The number of anilines is 1. The van der Waals surface area contributed by atoms with E-state index in [1.807, 2.05) is 0 Å². The van der Waals surface area contributed by atoms with Crippen LogP contribution >= 0.6 is 0 Å². The molecule has 4 rings (SSSR count). The molecule has 0 radical (unpaired) electrons. The normalized spacial score (nSPS) is 9.22. The van der Waals surface area contributed by atoms with Crippen molar-refractivity contribution in [2.24, 2.45) is 21.1 Å². The van der Waals surface area contributed by atoms with E-state index in [0.717, 1.165) is 4.57 Å². The Kier molecular flexibility index (Phi) is 11.7. The number of methoxy groups -OCH3 is 1. The number of esters is 1. The van der Waals surface area contributed by atoms with Crippen molar-refractivity contribution in [2.75, 3.05) is 12.4 Å². The zero-order valence-electron chi connectivity index (χ0n) is 19.5. The molecule has 4 aromatic heterocycles. The number of hydrogen-bond acceptors (Lipinski definition) is 11. The second-order valence-corrected chi connectivity index (χ2v) is 6.32. The number of H-pyrrole nitrogens is 3. The second kappa shape index (κ2) is 14.7. The number of nitrogens with one attached hydrogen (secondary N) is 4. The fourth-order valence-electron chi connectivity index (χ4n) is 1.90. The third-order valence-electron chi connectivity index (χ3n) is 3.81. The van der Waals surface area contributed by atoms with Crippen LogP contribution in [0.25, 0.3) is 0 Å². The van der Waals surface area contributed by atoms with Gasteiger partial charge in [0.15, 0.2) is 5.69 Å². The Bertz CT molecular complexity index is 1450. The molecule has 0 aliphatic carbocycles. The second-order valence-electron chi connectivity index (χ2n) is 6.32. The van der Waals surface area contributed by atoms with Crippen LogP contribution in [-0.2, 0) is 30.7 Å². The minimum absolute atomic E-state index is 0.262. The number of aromatic amines is 3. The molecule has 0 saturated heterocycles. The van der Waals surface area contributed by atoms with Crippen LogP contribution in [0.1, 0.15) is 10.5 Å². The van der Waals surface area contributed by atoms with Gasteiger partial charge in [-0.1, -0.05) is 10.4 Å². The first-order valence-electron chi connectivity index (χ1n) is 9.59. The lowest BCUT2D eigenvalue weighted by Crippen LogP contribution is -2.35. The van der Waals surface area contributed by atoms with E-state index in [-0.39, 0.29) is 28.2 Å². The van der Waals surface area contributed by atoms with Gasteiger partial charge in [-0.3, -0.25) is 29.0 Å². The number of ether oxygens (including phenoxy) is 1. The molecule has 4 aromatic rings. The summed E-state index contributed by atoms with van der Waals surface area (Å²) in [5, 5.41) is 20.6. The van der Waals surface area contributed by atoms with Crippen LogP contribution in [0.5, 0.6) is 0 Å². The SMILES string of the molecule is COC(=O)c1cnn[nH]1.Cn1ccc(=O)[nH]c1=O.Cn1ccc(=O)n(C)c1=O.O=CNc1cnn[nH]1. The Balaban J connectivity index is 0.000000241. The standard InChI is InChI=1S/C6H8N2O2.C5H6N2O2.C4H5N3O2.C3H4N4O/c1-7-4-3-5(9)8(2)6(7)10;1-7-3-2-4(8)6-5(7)9;1-9-4(8)3-2-5-7-6-3;8-2-4-3-1-5-7-6-3/h3-4H,1-2H3;2-3H,1H3,(H,6,8,9);2H,1H3,(H,5,6,7);1-2H,(H2,4,5,6,7,8). The molecule has 0 aliphatic heterocycles. The predicted molar refractivity (Wildman–Crippen MR) is 123 cm³/mol. The number of aryl methyl sites for hydroxylation is 2. The van der Waals surface area contributed by atoms with Gasteiger partial charge in [0, 0.05) is 45.7 Å². The summed E-state index contributed by atoms with van der Waals surface area (Å²) in [4.78, 5) is 64.9. The van der Waals surface area contributed by atoms with E-state index in [2.05, 4.69) is 45.9 Å². The van der Waals surface area contributed by atoms with Crippen molar-refractivity contribution in [1.29, 1.82) is 0 Å². The third-order valence-corrected chi connectivity index (χ3v) is 3.81. The van der Waals surface area contributed by atoms with Gasteiger partial charge in [-0.2, -0.15) is 0 Å². The molecule has 0 fully saturated rings. The summed E-state index contributed by atoms with van der Waals surface area (Å²) in [5.74, 6) is 0.0417. The van der Waals surface area contributed by atoms with Crippen molar-refractivity contribution in [1.82, 2.24) is 49.5 Å². The Hall–Kier alpha value is -5.42. The van der Waals surface area contributed by atoms with Crippen molar-refractivity contribution in [2.45, 2.75) is 0 Å². The average molecular weight is 505 g/mol. The highest BCUT2D eigenvalue weighted by molar-refractivity contribution is 5.86. The van der Waals surface area contributed by atoms with Gasteiger partial charge in [0.25, 0.3) is 11.1 Å². The number of carbonyl (C=O) groups excluding carboxylic acids is 2. The Morgan fingerprint density at radius 1 is 0.972 bits per heavy atom. The lowest BCUT2D eigenvalue weighted by molar-refractivity contribution is -0.105. The Morgan fingerprint density at radius 3 is 2.08 bits per heavy atom. The van der Waals surface area contributed by atoms with Crippen LogP contribution in [0.4, 0.5) is 5.82 Å². The highest BCUT2D eigenvalue weighted by atomic mass is 16.5. The maximum atomic E-state index is 10.9. The van der Waals surface area contributed by atoms with Crippen molar-refractivity contribution in [3.05, 3.63) is 84.3 Å². The number of carbonyl (C=O) groups is 2. The summed E-state index contributed by atoms with van der Waals surface area (Å²) in [6.07, 6.45) is 6.13. The molecule has 0 aromatic carbocycles. The molecule has 0 aliphatic rings. The quantitative estimate of drug-likeness (QED) is 0.163. The van der Waals surface area contributed by atoms with Gasteiger partial charge in [0.05, 0.1) is 19.5 Å². The number of hydrogen-bond donors (Lipinski definition) is 4. The monoisotopic (exact) mass is 505 g/mol. The van der Waals surface area contributed by atoms with Crippen LogP contribution in [0.15, 0.2) is 56.1 Å². The van der Waals surface area contributed by atoms with E-state index in [1.54, 1.807) is 14.1 Å². The van der Waals surface area contributed by atoms with Crippen LogP contribution in [0.2, 0.25) is 0 Å². The molecule has 0 saturated carbocycles. The molecule has 18 heteroatoms. The van der Waals surface area contributed by atoms with Crippen LogP contribution in [0.3, 0.4) is 0 Å². The van der Waals surface area contributed by atoms with E-state index in [1.165, 1.54) is 60.2 Å². The van der Waals surface area contributed by atoms with E-state index in [4.69, 9.17) is 0 Å². The average Bonchev–Trinajstić information content (AvgIpc) is 3.59. The van der Waals surface area contributed by atoms with Gasteiger partial charge >= 0.3 is 17.3 Å².